The summed E-state index contributed by atoms with van der Waals surface area (Å²) in [4.78, 5) is 7.50. The quantitative estimate of drug-likeness (QED) is 0.846. The molecule has 0 aliphatic heterocycles. The second-order valence-electron chi connectivity index (χ2n) is 5.73. The van der Waals surface area contributed by atoms with Crippen LogP contribution in [-0.2, 0) is 6.54 Å². The molecule has 1 atom stereocenters. The van der Waals surface area contributed by atoms with Gasteiger partial charge in [-0.25, -0.2) is 4.98 Å². The molecule has 0 spiro atoms. The number of rotatable bonds is 4. The van der Waals surface area contributed by atoms with E-state index in [0.29, 0.717) is 5.41 Å². The molecule has 1 fully saturated rings. The maximum Gasteiger partial charge on any atom is 0.137 e. The molecule has 0 amide bonds. The Kier molecular flexibility index (Phi) is 2.44. The first kappa shape index (κ1) is 10.8. The molecule has 17 heavy (non-hydrogen) atoms. The molecule has 2 heterocycles. The van der Waals surface area contributed by atoms with E-state index in [4.69, 9.17) is 0 Å². The van der Waals surface area contributed by atoms with E-state index in [1.165, 1.54) is 17.4 Å². The van der Waals surface area contributed by atoms with E-state index in [2.05, 4.69) is 41.4 Å². The van der Waals surface area contributed by atoms with Gasteiger partial charge in [0.15, 0.2) is 0 Å². The average Bonchev–Trinajstić information content (AvgIpc) is 2.74. The minimum absolute atomic E-state index is 0.564. The summed E-state index contributed by atoms with van der Waals surface area (Å²) in [5.74, 6) is 0.853. The molecule has 1 saturated carbocycles. The maximum absolute atomic E-state index is 4.30. The van der Waals surface area contributed by atoms with Crippen molar-refractivity contribution in [1.82, 2.24) is 15.3 Å². The van der Waals surface area contributed by atoms with Crippen LogP contribution in [0.3, 0.4) is 0 Å². The number of nitrogens with zero attached hydrogens (tertiary/aromatic N) is 1. The lowest BCUT2D eigenvalue weighted by Gasteiger charge is -2.05. The van der Waals surface area contributed by atoms with Gasteiger partial charge >= 0.3 is 0 Å². The van der Waals surface area contributed by atoms with Gasteiger partial charge in [-0.1, -0.05) is 13.8 Å². The summed E-state index contributed by atoms with van der Waals surface area (Å²) in [6.07, 6.45) is 5.24. The summed E-state index contributed by atoms with van der Waals surface area (Å²) in [5, 5.41) is 4.78. The van der Waals surface area contributed by atoms with E-state index in [0.717, 1.165) is 24.7 Å². The van der Waals surface area contributed by atoms with Crippen LogP contribution in [0.2, 0.25) is 0 Å². The zero-order valence-corrected chi connectivity index (χ0v) is 10.5. The molecule has 0 saturated heterocycles. The molecule has 1 unspecified atom stereocenters. The smallest absolute Gasteiger partial charge is 0.137 e. The molecule has 1 aliphatic carbocycles. The van der Waals surface area contributed by atoms with Gasteiger partial charge < -0.3 is 10.3 Å². The summed E-state index contributed by atoms with van der Waals surface area (Å²) in [7, 11) is 0. The van der Waals surface area contributed by atoms with Crippen molar-refractivity contribution in [1.29, 1.82) is 0 Å². The van der Waals surface area contributed by atoms with Crippen molar-refractivity contribution in [2.45, 2.75) is 26.8 Å². The van der Waals surface area contributed by atoms with E-state index in [1.54, 1.807) is 0 Å². The summed E-state index contributed by atoms with van der Waals surface area (Å²) >= 11 is 0. The van der Waals surface area contributed by atoms with Gasteiger partial charge in [0.05, 0.1) is 0 Å². The molecule has 0 bridgehead atoms. The van der Waals surface area contributed by atoms with Gasteiger partial charge in [-0.05, 0) is 42.0 Å². The topological polar surface area (TPSA) is 40.7 Å². The number of fused-ring (bicyclic) bond motifs is 1. The Bertz CT molecular complexity index is 527. The van der Waals surface area contributed by atoms with Crippen molar-refractivity contribution in [2.24, 2.45) is 11.3 Å². The average molecular weight is 229 g/mol. The van der Waals surface area contributed by atoms with Gasteiger partial charge in [-0.2, -0.15) is 0 Å². The van der Waals surface area contributed by atoms with Crippen molar-refractivity contribution in [2.75, 3.05) is 6.54 Å². The monoisotopic (exact) mass is 229 g/mol. The molecule has 3 rings (SSSR count). The largest absolute Gasteiger partial charge is 0.346 e. The third-order valence-electron chi connectivity index (χ3n) is 3.96. The van der Waals surface area contributed by atoms with E-state index < -0.39 is 0 Å². The number of hydrogen-bond donors (Lipinski definition) is 2. The lowest BCUT2D eigenvalue weighted by molar-refractivity contribution is 0.520. The Hall–Kier alpha value is -1.35. The predicted octanol–water partition coefficient (Wildman–Crippen LogP) is 2.70. The van der Waals surface area contributed by atoms with Gasteiger partial charge in [-0.3, -0.25) is 0 Å². The Labute approximate surface area is 102 Å². The van der Waals surface area contributed by atoms with Crippen LogP contribution in [0.4, 0.5) is 0 Å². The molecule has 3 heteroatoms. The molecule has 0 radical (unpaired) electrons. The molecule has 90 valence electrons. The first-order chi connectivity index (χ1) is 8.17. The van der Waals surface area contributed by atoms with Crippen molar-refractivity contribution < 1.29 is 0 Å². The first-order valence-electron chi connectivity index (χ1n) is 6.28. The highest BCUT2D eigenvalue weighted by molar-refractivity contribution is 5.79. The van der Waals surface area contributed by atoms with Crippen molar-refractivity contribution in [3.8, 4) is 0 Å². The third kappa shape index (κ3) is 2.07. The SMILES string of the molecule is CC1(C)CC1CNCc1c[nH]c2ncccc12. The van der Waals surface area contributed by atoms with E-state index in [1.807, 2.05) is 12.3 Å². The van der Waals surface area contributed by atoms with Crippen LogP contribution in [-0.4, -0.2) is 16.5 Å². The maximum atomic E-state index is 4.30. The van der Waals surface area contributed by atoms with Crippen LogP contribution in [0.1, 0.15) is 25.8 Å². The number of nitrogens with one attached hydrogen (secondary N) is 2. The molecule has 1 aliphatic rings. The van der Waals surface area contributed by atoms with E-state index in [9.17, 15) is 0 Å². The zero-order valence-electron chi connectivity index (χ0n) is 10.5. The molecule has 0 aromatic carbocycles. The highest BCUT2D eigenvalue weighted by Crippen LogP contribution is 2.50. The summed E-state index contributed by atoms with van der Waals surface area (Å²) in [6, 6.07) is 4.11. The normalized spacial score (nSPS) is 21.9. The second kappa shape index (κ2) is 3.84. The van der Waals surface area contributed by atoms with Gasteiger partial charge in [0.1, 0.15) is 5.65 Å². The van der Waals surface area contributed by atoms with Crippen LogP contribution in [0, 0.1) is 11.3 Å². The van der Waals surface area contributed by atoms with E-state index in [-0.39, 0.29) is 0 Å². The van der Waals surface area contributed by atoms with Crippen LogP contribution in [0.15, 0.2) is 24.5 Å². The zero-order chi connectivity index (χ0) is 11.9. The Morgan fingerprint density at radius 2 is 2.35 bits per heavy atom. The molecule has 2 aromatic heterocycles. The predicted molar refractivity (Wildman–Crippen MR) is 69.7 cm³/mol. The second-order valence-corrected chi connectivity index (χ2v) is 5.73. The molecule has 2 aromatic rings. The van der Waals surface area contributed by atoms with Crippen LogP contribution in [0.5, 0.6) is 0 Å². The highest BCUT2D eigenvalue weighted by Gasteiger charge is 2.44. The van der Waals surface area contributed by atoms with Gasteiger partial charge in [0, 0.05) is 24.3 Å². The number of hydrogen-bond acceptors (Lipinski definition) is 2. The summed E-state index contributed by atoms with van der Waals surface area (Å²) in [5.41, 5.74) is 2.86. The van der Waals surface area contributed by atoms with Crippen molar-refractivity contribution in [3.05, 3.63) is 30.1 Å². The Morgan fingerprint density at radius 1 is 1.53 bits per heavy atom. The van der Waals surface area contributed by atoms with Gasteiger partial charge in [0.2, 0.25) is 0 Å². The molecule has 2 N–H and O–H groups in total. The summed E-state index contributed by atoms with van der Waals surface area (Å²) in [6.45, 7) is 6.74. The van der Waals surface area contributed by atoms with E-state index >= 15 is 0 Å². The van der Waals surface area contributed by atoms with Crippen LogP contribution < -0.4 is 5.32 Å². The highest BCUT2D eigenvalue weighted by atomic mass is 14.9. The third-order valence-corrected chi connectivity index (χ3v) is 3.96. The Morgan fingerprint density at radius 3 is 3.12 bits per heavy atom. The number of aromatic nitrogens is 2. The fourth-order valence-electron chi connectivity index (χ4n) is 2.46. The standard InChI is InChI=1S/C14H19N3/c1-14(2)6-11(14)9-15-7-10-8-17-13-12(10)4-3-5-16-13/h3-5,8,11,15H,6-7,9H2,1-2H3,(H,16,17). The number of aromatic amines is 1. The minimum atomic E-state index is 0.564. The number of H-pyrrole nitrogens is 1. The molecular weight excluding hydrogens is 210 g/mol. The first-order valence-corrected chi connectivity index (χ1v) is 6.28. The fourth-order valence-corrected chi connectivity index (χ4v) is 2.46. The van der Waals surface area contributed by atoms with Crippen molar-refractivity contribution >= 4 is 11.0 Å². The Balaban J connectivity index is 1.62. The number of pyridine rings is 1. The van der Waals surface area contributed by atoms with Crippen LogP contribution in [0.25, 0.3) is 11.0 Å². The minimum Gasteiger partial charge on any atom is -0.346 e. The lowest BCUT2D eigenvalue weighted by atomic mass is 10.1. The molecular formula is C14H19N3. The van der Waals surface area contributed by atoms with Gasteiger partial charge in [0.25, 0.3) is 0 Å². The van der Waals surface area contributed by atoms with Crippen molar-refractivity contribution in [3.63, 3.8) is 0 Å². The summed E-state index contributed by atoms with van der Waals surface area (Å²) < 4.78 is 0. The van der Waals surface area contributed by atoms with Gasteiger partial charge in [-0.15, -0.1) is 0 Å². The lowest BCUT2D eigenvalue weighted by Crippen LogP contribution is -2.17. The van der Waals surface area contributed by atoms with Crippen LogP contribution >= 0.6 is 0 Å². The fraction of sp³-hybridized carbons (Fsp3) is 0.500. The molecule has 3 nitrogen and oxygen atoms in total.